The summed E-state index contributed by atoms with van der Waals surface area (Å²) in [6.45, 7) is 0.292. The van der Waals surface area contributed by atoms with Crippen LogP contribution in [0.3, 0.4) is 0 Å². The molecule has 1 heterocycles. The number of benzene rings is 3. The van der Waals surface area contributed by atoms with Crippen molar-refractivity contribution in [3.63, 3.8) is 0 Å². The van der Waals surface area contributed by atoms with Crippen LogP contribution < -0.4 is 14.8 Å². The summed E-state index contributed by atoms with van der Waals surface area (Å²) in [4.78, 5) is 12.5. The summed E-state index contributed by atoms with van der Waals surface area (Å²) in [5.74, 6) is 0.994. The number of methoxy groups -OCH3 is 2. The topological polar surface area (TPSA) is 56.8 Å². The van der Waals surface area contributed by atoms with Crippen LogP contribution in [0.4, 0.5) is 5.69 Å². The van der Waals surface area contributed by atoms with Gasteiger partial charge in [0.25, 0.3) is 0 Å². The molecule has 0 bridgehead atoms. The minimum Gasteiger partial charge on any atom is -0.493 e. The number of hydrogen-bond acceptors (Lipinski definition) is 5. The second kappa shape index (κ2) is 10.8. The molecule has 1 aliphatic heterocycles. The van der Waals surface area contributed by atoms with Crippen LogP contribution in [0.2, 0.25) is 15.1 Å². The number of hydrogen-bond donors (Lipinski definition) is 1. The molecule has 0 saturated heterocycles. The third-order valence-corrected chi connectivity index (χ3v) is 8.50. The van der Waals surface area contributed by atoms with Crippen molar-refractivity contribution in [3.8, 4) is 11.5 Å². The molecular weight excluding hydrogens is 601 g/mol. The lowest BCUT2D eigenvalue weighted by Crippen LogP contribution is -2.31. The lowest BCUT2D eigenvalue weighted by atomic mass is 9.75. The van der Waals surface area contributed by atoms with Crippen molar-refractivity contribution in [2.24, 2.45) is 5.92 Å². The number of esters is 1. The Morgan fingerprint density at radius 3 is 2.57 bits per heavy atom. The molecule has 0 saturated carbocycles. The Labute approximate surface area is 238 Å². The predicted octanol–water partition coefficient (Wildman–Crippen LogP) is 8.61. The Morgan fingerprint density at radius 1 is 1.05 bits per heavy atom. The van der Waals surface area contributed by atoms with Gasteiger partial charge in [0, 0.05) is 5.92 Å². The fraction of sp³-hybridized carbons (Fsp3) is 0.250. The average molecular weight is 624 g/mol. The SMILES string of the molecule is COC(=O)c1ccc(Cl)c2c1[C@@H]1C=CC[C@H]1[C@@H](c1cc(Br)c(OCc3ccc(Cl)c(Cl)c3)c(OC)c1)N2. The first-order valence-corrected chi connectivity index (χ1v) is 13.5. The number of carbonyl (C=O) groups is 1. The number of carbonyl (C=O) groups excluding carboxylic acids is 1. The molecule has 0 spiro atoms. The highest BCUT2D eigenvalue weighted by atomic mass is 79.9. The van der Waals surface area contributed by atoms with E-state index in [9.17, 15) is 4.79 Å². The van der Waals surface area contributed by atoms with Crippen LogP contribution in [0, 0.1) is 5.92 Å². The molecule has 3 atom stereocenters. The largest absolute Gasteiger partial charge is 0.493 e. The smallest absolute Gasteiger partial charge is 0.338 e. The molecule has 5 nitrogen and oxygen atoms in total. The molecule has 0 aromatic heterocycles. The van der Waals surface area contributed by atoms with Gasteiger partial charge < -0.3 is 19.5 Å². The van der Waals surface area contributed by atoms with E-state index in [0.717, 1.165) is 33.3 Å². The van der Waals surface area contributed by atoms with Gasteiger partial charge in [-0.3, -0.25) is 0 Å². The molecule has 5 rings (SSSR count). The molecule has 37 heavy (non-hydrogen) atoms. The van der Waals surface area contributed by atoms with Gasteiger partial charge in [0.05, 0.1) is 51.1 Å². The molecule has 3 aromatic rings. The van der Waals surface area contributed by atoms with E-state index in [-0.39, 0.29) is 23.8 Å². The van der Waals surface area contributed by atoms with Crippen molar-refractivity contribution < 1.29 is 19.0 Å². The van der Waals surface area contributed by atoms with Gasteiger partial charge in [0.1, 0.15) is 6.61 Å². The van der Waals surface area contributed by atoms with E-state index in [1.54, 1.807) is 31.4 Å². The Bertz CT molecular complexity index is 1410. The summed E-state index contributed by atoms with van der Waals surface area (Å²) in [5, 5.41) is 5.14. The van der Waals surface area contributed by atoms with Crippen molar-refractivity contribution >= 4 is 62.4 Å². The number of allylic oxidation sites excluding steroid dienone is 2. The van der Waals surface area contributed by atoms with E-state index in [1.807, 2.05) is 18.2 Å². The summed E-state index contributed by atoms with van der Waals surface area (Å²) in [5.41, 5.74) is 4.04. The molecule has 192 valence electrons. The number of nitrogens with one attached hydrogen (secondary N) is 1. The molecular formula is C28H23BrCl3NO4. The minimum atomic E-state index is -0.375. The zero-order valence-corrected chi connectivity index (χ0v) is 23.8. The summed E-state index contributed by atoms with van der Waals surface area (Å²) < 4.78 is 17.6. The lowest BCUT2D eigenvalue weighted by Gasteiger charge is -2.39. The van der Waals surface area contributed by atoms with E-state index in [1.165, 1.54) is 7.11 Å². The monoisotopic (exact) mass is 621 g/mol. The van der Waals surface area contributed by atoms with Gasteiger partial charge in [0.2, 0.25) is 0 Å². The van der Waals surface area contributed by atoms with Crippen LogP contribution in [-0.4, -0.2) is 20.2 Å². The van der Waals surface area contributed by atoms with E-state index in [2.05, 4.69) is 33.4 Å². The zero-order chi connectivity index (χ0) is 26.3. The standard InChI is InChI=1S/C28H23BrCl3NO4/c1-35-23-12-15(11-19(29)27(23)37-13-14-6-8-20(30)22(32)10-14)25-17-5-3-4-16(17)24-18(28(34)36-2)7-9-21(31)26(24)33-25/h3-4,6-12,16-17,25,33H,5,13H2,1-2H3/t16-,17-,25-/m1/s1. The number of fused-ring (bicyclic) bond motifs is 3. The van der Waals surface area contributed by atoms with Gasteiger partial charge in [-0.25, -0.2) is 4.79 Å². The molecule has 2 aliphatic rings. The van der Waals surface area contributed by atoms with Crippen molar-refractivity contribution in [2.45, 2.75) is 25.0 Å². The van der Waals surface area contributed by atoms with Crippen molar-refractivity contribution in [1.29, 1.82) is 0 Å². The normalized spacial score (nSPS) is 19.6. The van der Waals surface area contributed by atoms with Crippen LogP contribution in [0.15, 0.2) is 59.1 Å². The summed E-state index contributed by atoms with van der Waals surface area (Å²) >= 11 is 22.5. The zero-order valence-electron chi connectivity index (χ0n) is 20.0. The molecule has 0 unspecified atom stereocenters. The number of halogens is 4. The Morgan fingerprint density at radius 2 is 1.84 bits per heavy atom. The first kappa shape index (κ1) is 26.2. The fourth-order valence-corrected chi connectivity index (χ4v) is 6.25. The van der Waals surface area contributed by atoms with Gasteiger partial charge >= 0.3 is 5.97 Å². The molecule has 0 amide bonds. The van der Waals surface area contributed by atoms with Gasteiger partial charge in [-0.1, -0.05) is 53.0 Å². The van der Waals surface area contributed by atoms with Crippen LogP contribution >= 0.6 is 50.7 Å². The first-order chi connectivity index (χ1) is 17.8. The number of anilines is 1. The average Bonchev–Trinajstić information content (AvgIpc) is 3.39. The second-order valence-electron chi connectivity index (χ2n) is 8.92. The van der Waals surface area contributed by atoms with Crippen LogP contribution in [-0.2, 0) is 11.3 Å². The predicted molar refractivity (Wildman–Crippen MR) is 151 cm³/mol. The first-order valence-electron chi connectivity index (χ1n) is 11.6. The third kappa shape index (κ3) is 4.92. The second-order valence-corrected chi connectivity index (χ2v) is 11.0. The maximum atomic E-state index is 12.5. The number of rotatable bonds is 6. The van der Waals surface area contributed by atoms with Crippen molar-refractivity contribution in [3.05, 3.63) is 96.4 Å². The quantitative estimate of drug-likeness (QED) is 0.220. The van der Waals surface area contributed by atoms with E-state index in [0.29, 0.717) is 38.7 Å². The Hall–Kier alpha value is -2.38. The lowest BCUT2D eigenvalue weighted by molar-refractivity contribution is 0.0598. The summed E-state index contributed by atoms with van der Waals surface area (Å²) in [6.07, 6.45) is 5.16. The van der Waals surface area contributed by atoms with Crippen molar-refractivity contribution in [1.82, 2.24) is 0 Å². The highest BCUT2D eigenvalue weighted by Crippen LogP contribution is 2.54. The number of ether oxygens (including phenoxy) is 3. The third-order valence-electron chi connectivity index (χ3n) is 6.85. The Balaban J connectivity index is 1.49. The van der Waals surface area contributed by atoms with Crippen LogP contribution in [0.25, 0.3) is 0 Å². The van der Waals surface area contributed by atoms with Gasteiger partial charge in [-0.05, 0) is 81.4 Å². The maximum Gasteiger partial charge on any atom is 0.338 e. The Kier molecular flexibility index (Phi) is 7.64. The van der Waals surface area contributed by atoms with E-state index in [4.69, 9.17) is 49.0 Å². The highest BCUT2D eigenvalue weighted by Gasteiger charge is 2.41. The molecule has 3 aromatic carbocycles. The van der Waals surface area contributed by atoms with E-state index >= 15 is 0 Å². The molecule has 9 heteroatoms. The molecule has 1 aliphatic carbocycles. The van der Waals surface area contributed by atoms with Crippen molar-refractivity contribution in [2.75, 3.05) is 19.5 Å². The maximum absolute atomic E-state index is 12.5. The summed E-state index contributed by atoms with van der Waals surface area (Å²) in [7, 11) is 3.00. The van der Waals surface area contributed by atoms with Crippen LogP contribution in [0.1, 0.15) is 45.4 Å². The minimum absolute atomic E-state index is 0.0180. The molecule has 0 fully saturated rings. The fourth-order valence-electron chi connectivity index (χ4n) is 5.14. The van der Waals surface area contributed by atoms with E-state index < -0.39 is 0 Å². The summed E-state index contributed by atoms with van der Waals surface area (Å²) in [6, 6.07) is 12.8. The molecule has 0 radical (unpaired) electrons. The molecule has 1 N–H and O–H groups in total. The van der Waals surface area contributed by atoms with Crippen LogP contribution in [0.5, 0.6) is 11.5 Å². The highest BCUT2D eigenvalue weighted by molar-refractivity contribution is 9.10. The van der Waals surface area contributed by atoms with Gasteiger partial charge in [-0.15, -0.1) is 0 Å². The van der Waals surface area contributed by atoms with Gasteiger partial charge in [-0.2, -0.15) is 0 Å². The van der Waals surface area contributed by atoms with Gasteiger partial charge in [0.15, 0.2) is 11.5 Å².